The zero-order chi connectivity index (χ0) is 17.7. The molecule has 4 heteroatoms. The summed E-state index contributed by atoms with van der Waals surface area (Å²) in [5.41, 5.74) is 2.35. The van der Waals surface area contributed by atoms with Crippen LogP contribution in [0.5, 0.6) is 0 Å². The minimum absolute atomic E-state index is 0.222. The van der Waals surface area contributed by atoms with Crippen LogP contribution in [0.1, 0.15) is 32.8 Å². The van der Waals surface area contributed by atoms with Gasteiger partial charge in [0.25, 0.3) is 0 Å². The van der Waals surface area contributed by atoms with Gasteiger partial charge in [-0.15, -0.1) is 11.5 Å². The number of hydrogen-bond donors (Lipinski definition) is 1. The summed E-state index contributed by atoms with van der Waals surface area (Å²) in [5, 5.41) is 9.90. The second kappa shape index (κ2) is 7.14. The summed E-state index contributed by atoms with van der Waals surface area (Å²) in [5.74, 6) is 2.18. The summed E-state index contributed by atoms with van der Waals surface area (Å²) < 4.78 is 0. The van der Waals surface area contributed by atoms with Crippen molar-refractivity contribution in [1.82, 2.24) is 0 Å². The van der Waals surface area contributed by atoms with Crippen molar-refractivity contribution in [3.8, 4) is 11.5 Å². The zero-order valence-corrected chi connectivity index (χ0v) is 16.0. The van der Waals surface area contributed by atoms with Gasteiger partial charge in [-0.1, -0.05) is 70.7 Å². The van der Waals surface area contributed by atoms with Crippen LogP contribution >= 0.6 is 0 Å². The summed E-state index contributed by atoms with van der Waals surface area (Å²) in [4.78, 5) is 16.6. The number of benzene rings is 1. The molecule has 0 unspecified atom stereocenters. The van der Waals surface area contributed by atoms with Crippen molar-refractivity contribution < 1.29 is 9.90 Å². The molecule has 1 atom stereocenters. The monoisotopic (exact) mass is 329 g/mol. The summed E-state index contributed by atoms with van der Waals surface area (Å²) in [7, 11) is -1.54. The topological polar surface area (TPSA) is 49.7 Å². The Balaban J connectivity index is 3.27. The van der Waals surface area contributed by atoms with E-state index in [1.165, 1.54) is 0 Å². The first-order chi connectivity index (χ1) is 10.5. The predicted molar refractivity (Wildman–Crippen MR) is 99.6 cm³/mol. The van der Waals surface area contributed by atoms with Gasteiger partial charge in [0.15, 0.2) is 5.54 Å². The molecule has 1 aromatic carbocycles. The van der Waals surface area contributed by atoms with E-state index in [9.17, 15) is 9.90 Å². The van der Waals surface area contributed by atoms with E-state index in [1.807, 2.05) is 51.1 Å². The molecule has 0 aliphatic carbocycles. The van der Waals surface area contributed by atoms with Crippen molar-refractivity contribution in [2.24, 2.45) is 10.4 Å². The third-order valence-corrected chi connectivity index (χ3v) is 4.56. The lowest BCUT2D eigenvalue weighted by atomic mass is 9.72. The molecule has 0 amide bonds. The highest BCUT2D eigenvalue weighted by atomic mass is 28.3. The molecule has 23 heavy (non-hydrogen) atoms. The van der Waals surface area contributed by atoms with E-state index >= 15 is 0 Å². The molecule has 0 bridgehead atoms. The minimum Gasteiger partial charge on any atom is -0.479 e. The van der Waals surface area contributed by atoms with Gasteiger partial charge in [-0.3, -0.25) is 4.99 Å². The van der Waals surface area contributed by atoms with Crippen LogP contribution in [0.3, 0.4) is 0 Å². The van der Waals surface area contributed by atoms with Crippen LogP contribution in [0, 0.1) is 16.9 Å². The molecule has 0 aliphatic rings. The van der Waals surface area contributed by atoms with Gasteiger partial charge in [-0.05, 0) is 11.0 Å². The van der Waals surface area contributed by atoms with E-state index in [4.69, 9.17) is 0 Å². The molecule has 0 saturated carbocycles. The molecule has 1 N–H and O–H groups in total. The van der Waals surface area contributed by atoms with Crippen molar-refractivity contribution in [1.29, 1.82) is 0 Å². The average molecular weight is 330 g/mol. The van der Waals surface area contributed by atoms with Gasteiger partial charge in [0, 0.05) is 12.6 Å². The van der Waals surface area contributed by atoms with Gasteiger partial charge in [0.2, 0.25) is 0 Å². The number of nitrogens with zero attached hydrogens (tertiary/aromatic N) is 1. The summed E-state index contributed by atoms with van der Waals surface area (Å²) in [6.45, 7) is 12.1. The van der Waals surface area contributed by atoms with Crippen LogP contribution in [0.25, 0.3) is 0 Å². The smallest absolute Gasteiger partial charge is 0.333 e. The first-order valence-electron chi connectivity index (χ1n) is 7.82. The van der Waals surface area contributed by atoms with Gasteiger partial charge in [0.05, 0.1) is 0 Å². The number of aliphatic imine (C=N–C) groups is 1. The molecule has 0 aliphatic heterocycles. The fourth-order valence-electron chi connectivity index (χ4n) is 2.12. The van der Waals surface area contributed by atoms with Gasteiger partial charge >= 0.3 is 5.97 Å². The molecular formula is C19H27NO2Si. The van der Waals surface area contributed by atoms with Crippen molar-refractivity contribution in [3.63, 3.8) is 0 Å². The first-order valence-corrected chi connectivity index (χ1v) is 11.3. The third kappa shape index (κ3) is 5.37. The molecule has 1 rings (SSSR count). The van der Waals surface area contributed by atoms with Crippen LogP contribution in [0.2, 0.25) is 19.6 Å². The zero-order valence-electron chi connectivity index (χ0n) is 15.0. The average Bonchev–Trinajstić information content (AvgIpc) is 2.40. The lowest BCUT2D eigenvalue weighted by molar-refractivity contribution is -0.147. The Kier molecular flexibility index (Phi) is 5.96. The Labute approximate surface area is 140 Å². The van der Waals surface area contributed by atoms with E-state index in [0.29, 0.717) is 0 Å². The third-order valence-electron chi connectivity index (χ3n) is 3.64. The maximum Gasteiger partial charge on any atom is 0.333 e. The van der Waals surface area contributed by atoms with Gasteiger partial charge in [0.1, 0.15) is 8.07 Å². The highest BCUT2D eigenvalue weighted by Gasteiger charge is 2.48. The highest BCUT2D eigenvalue weighted by Crippen LogP contribution is 2.37. The highest BCUT2D eigenvalue weighted by molar-refractivity contribution is 6.83. The Morgan fingerprint density at radius 3 is 2.22 bits per heavy atom. The molecule has 0 heterocycles. The lowest BCUT2D eigenvalue weighted by Gasteiger charge is -2.36. The Morgan fingerprint density at radius 1 is 1.22 bits per heavy atom. The largest absolute Gasteiger partial charge is 0.479 e. The second-order valence-corrected chi connectivity index (χ2v) is 12.6. The summed E-state index contributed by atoms with van der Waals surface area (Å²) in [6.07, 6.45) is 1.87. The molecule has 1 aromatic rings. The molecule has 0 saturated heterocycles. The van der Waals surface area contributed by atoms with Crippen LogP contribution in [0.4, 0.5) is 0 Å². The van der Waals surface area contributed by atoms with Crippen LogP contribution in [-0.4, -0.2) is 30.9 Å². The van der Waals surface area contributed by atoms with E-state index in [2.05, 4.69) is 36.1 Å². The van der Waals surface area contributed by atoms with Crippen molar-refractivity contribution in [2.75, 3.05) is 0 Å². The Morgan fingerprint density at radius 2 is 1.78 bits per heavy atom. The first kappa shape index (κ1) is 19.2. The van der Waals surface area contributed by atoms with Crippen molar-refractivity contribution in [3.05, 3.63) is 35.9 Å². The SMILES string of the molecule is CC(C)(C)[C@](CC#C[Si](C)(C)C)(N=Cc1ccccc1)C(=O)O. The number of rotatable bonds is 4. The molecular weight excluding hydrogens is 302 g/mol. The van der Waals surface area contributed by atoms with Gasteiger partial charge in [-0.2, -0.15) is 0 Å². The van der Waals surface area contributed by atoms with Crippen molar-refractivity contribution in [2.45, 2.75) is 52.4 Å². The Hall–Kier alpha value is -1.86. The van der Waals surface area contributed by atoms with E-state index in [0.717, 1.165) is 5.56 Å². The van der Waals surface area contributed by atoms with Gasteiger partial charge in [-0.25, -0.2) is 4.79 Å². The maximum absolute atomic E-state index is 12.1. The van der Waals surface area contributed by atoms with E-state index in [1.54, 1.807) is 6.21 Å². The fourth-order valence-corrected chi connectivity index (χ4v) is 2.74. The number of hydrogen-bond acceptors (Lipinski definition) is 2. The second-order valence-electron chi connectivity index (χ2n) is 7.81. The van der Waals surface area contributed by atoms with Gasteiger partial charge < -0.3 is 5.11 Å². The molecule has 0 fully saturated rings. The molecule has 0 aromatic heterocycles. The van der Waals surface area contributed by atoms with Crippen LogP contribution in [-0.2, 0) is 4.79 Å². The minimum atomic E-state index is -1.54. The quantitative estimate of drug-likeness (QED) is 0.510. The number of carboxylic acid groups (broad SMARTS) is 1. The maximum atomic E-state index is 12.1. The normalized spacial score (nSPS) is 14.9. The molecule has 124 valence electrons. The molecule has 3 nitrogen and oxygen atoms in total. The van der Waals surface area contributed by atoms with E-state index in [-0.39, 0.29) is 6.42 Å². The standard InChI is InChI=1S/C19H27NO2Si/c1-18(2,3)19(17(21)22,13-10-14-23(4,5)6)20-15-16-11-8-7-9-12-16/h7-9,11-12,15H,13H2,1-6H3,(H,21,22)/t19-/m1/s1. The summed E-state index contributed by atoms with van der Waals surface area (Å²) >= 11 is 0. The lowest BCUT2D eigenvalue weighted by Crippen LogP contribution is -2.48. The number of carboxylic acids is 1. The Bertz CT molecular complexity index is 627. The van der Waals surface area contributed by atoms with Crippen LogP contribution in [0.15, 0.2) is 35.3 Å². The number of aliphatic carboxylic acids is 1. The summed E-state index contributed by atoms with van der Waals surface area (Å²) in [6, 6.07) is 9.56. The fraction of sp³-hybridized carbons (Fsp3) is 0.474. The van der Waals surface area contributed by atoms with Crippen molar-refractivity contribution >= 4 is 20.3 Å². The predicted octanol–water partition coefficient (Wildman–Crippen LogP) is 4.25. The van der Waals surface area contributed by atoms with Crippen LogP contribution < -0.4 is 0 Å². The number of carbonyl (C=O) groups is 1. The van der Waals surface area contributed by atoms with E-state index < -0.39 is 25.0 Å². The molecule has 0 spiro atoms. The molecule has 0 radical (unpaired) electrons.